The van der Waals surface area contributed by atoms with Crippen molar-refractivity contribution in [3.05, 3.63) is 68.5 Å². The van der Waals surface area contributed by atoms with Crippen molar-refractivity contribution in [3.63, 3.8) is 0 Å². The number of ketones is 1. The fourth-order valence-electron chi connectivity index (χ4n) is 2.67. The Morgan fingerprint density at radius 2 is 1.87 bits per heavy atom. The van der Waals surface area contributed by atoms with Crippen LogP contribution < -0.4 is 5.56 Å². The number of rotatable bonds is 7. The third kappa shape index (κ3) is 4.90. The highest BCUT2D eigenvalue weighted by atomic mass is 79.9. The Morgan fingerprint density at radius 3 is 2.48 bits per heavy atom. The van der Waals surface area contributed by atoms with Gasteiger partial charge < -0.3 is 4.57 Å². The molecule has 1 heterocycles. The molecule has 2 aromatic rings. The van der Waals surface area contributed by atoms with Crippen molar-refractivity contribution in [2.24, 2.45) is 7.05 Å². The maximum absolute atomic E-state index is 12.6. The second kappa shape index (κ2) is 8.25. The lowest BCUT2D eigenvalue weighted by Crippen LogP contribution is -2.17. The van der Waals surface area contributed by atoms with Crippen LogP contribution in [0, 0.1) is 0 Å². The van der Waals surface area contributed by atoms with Crippen LogP contribution in [-0.4, -0.2) is 10.4 Å². The first-order valence-electron chi connectivity index (χ1n) is 7.96. The lowest BCUT2D eigenvalue weighted by Gasteiger charge is -2.17. The van der Waals surface area contributed by atoms with E-state index in [1.165, 1.54) is 16.2 Å². The molecular weight excluding hydrogens is 354 g/mol. The molecule has 0 N–H and O–H groups in total. The Morgan fingerprint density at radius 1 is 1.17 bits per heavy atom. The lowest BCUT2D eigenvalue weighted by molar-refractivity contribution is 0.0971. The molecule has 0 amide bonds. The zero-order valence-electron chi connectivity index (χ0n) is 13.6. The number of hydrogen-bond acceptors (Lipinski definition) is 2. The van der Waals surface area contributed by atoms with Crippen molar-refractivity contribution in [1.29, 1.82) is 0 Å². The molecule has 0 spiro atoms. The zero-order chi connectivity index (χ0) is 16.8. The smallest absolute Gasteiger partial charge is 0.250 e. The van der Waals surface area contributed by atoms with E-state index < -0.39 is 0 Å². The van der Waals surface area contributed by atoms with Crippen molar-refractivity contribution in [2.45, 2.75) is 38.5 Å². The van der Waals surface area contributed by atoms with Crippen molar-refractivity contribution < 1.29 is 4.79 Å². The van der Waals surface area contributed by atoms with E-state index in [2.05, 4.69) is 35.0 Å². The molecule has 1 unspecified atom stereocenters. The highest BCUT2D eigenvalue weighted by molar-refractivity contribution is 9.10. The van der Waals surface area contributed by atoms with Crippen LogP contribution in [0.2, 0.25) is 0 Å². The van der Waals surface area contributed by atoms with Gasteiger partial charge in [-0.3, -0.25) is 9.59 Å². The molecule has 0 fully saturated rings. The van der Waals surface area contributed by atoms with Gasteiger partial charge in [0.25, 0.3) is 0 Å². The molecule has 0 aliphatic heterocycles. The van der Waals surface area contributed by atoms with Gasteiger partial charge in [-0.25, -0.2) is 0 Å². The SMILES string of the molecule is CCCCC(CC(=O)c1ccc(=O)n(C)c1)c1ccc(Br)cc1. The molecule has 0 aliphatic carbocycles. The minimum absolute atomic E-state index is 0.0876. The number of carbonyl (C=O) groups is 1. The van der Waals surface area contributed by atoms with Gasteiger partial charge in [0.05, 0.1) is 0 Å². The first-order valence-corrected chi connectivity index (χ1v) is 8.76. The quantitative estimate of drug-likeness (QED) is 0.658. The predicted molar refractivity (Wildman–Crippen MR) is 97.0 cm³/mol. The molecule has 2 rings (SSSR count). The van der Waals surface area contributed by atoms with Crippen molar-refractivity contribution in [2.75, 3.05) is 0 Å². The summed E-state index contributed by atoms with van der Waals surface area (Å²) in [6, 6.07) is 11.3. The van der Waals surface area contributed by atoms with Crippen molar-refractivity contribution >= 4 is 21.7 Å². The number of Topliss-reactive ketones (excluding diaryl/α,β-unsaturated/α-hetero) is 1. The minimum Gasteiger partial charge on any atom is -0.318 e. The first-order chi connectivity index (χ1) is 11.0. The maximum atomic E-state index is 12.6. The first kappa shape index (κ1) is 17.7. The van der Waals surface area contributed by atoms with Crippen LogP contribution in [0.3, 0.4) is 0 Å². The molecule has 0 aliphatic rings. The topological polar surface area (TPSA) is 39.1 Å². The minimum atomic E-state index is -0.100. The molecule has 122 valence electrons. The number of pyridine rings is 1. The predicted octanol–water partition coefficient (Wildman–Crippen LogP) is 4.69. The Labute approximate surface area is 145 Å². The number of hydrogen-bond donors (Lipinski definition) is 0. The van der Waals surface area contributed by atoms with Gasteiger partial charge in [0.2, 0.25) is 5.56 Å². The molecule has 1 atom stereocenters. The Bertz CT molecular complexity index is 719. The molecule has 0 saturated heterocycles. The van der Waals surface area contributed by atoms with E-state index in [4.69, 9.17) is 0 Å². The third-order valence-electron chi connectivity index (χ3n) is 4.09. The number of unbranched alkanes of at least 4 members (excludes halogenated alkanes) is 1. The van der Waals surface area contributed by atoms with Crippen LogP contribution in [0.25, 0.3) is 0 Å². The molecule has 0 saturated carbocycles. The molecule has 1 aromatic heterocycles. The van der Waals surface area contributed by atoms with E-state index in [1.807, 2.05) is 12.1 Å². The second-order valence-corrected chi connectivity index (χ2v) is 6.80. The number of halogens is 1. The van der Waals surface area contributed by atoms with Gasteiger partial charge in [0.1, 0.15) is 0 Å². The second-order valence-electron chi connectivity index (χ2n) is 5.88. The maximum Gasteiger partial charge on any atom is 0.250 e. The summed E-state index contributed by atoms with van der Waals surface area (Å²) < 4.78 is 2.49. The fourth-order valence-corrected chi connectivity index (χ4v) is 2.94. The molecule has 23 heavy (non-hydrogen) atoms. The fraction of sp³-hybridized carbons (Fsp3) is 0.368. The average Bonchev–Trinajstić information content (AvgIpc) is 2.54. The summed E-state index contributed by atoms with van der Waals surface area (Å²) >= 11 is 3.45. The summed E-state index contributed by atoms with van der Waals surface area (Å²) in [6.07, 6.45) is 5.31. The standard InChI is InChI=1S/C19H22BrNO2/c1-3-4-5-15(14-6-9-17(20)10-7-14)12-18(22)16-8-11-19(23)21(2)13-16/h6-11,13,15H,3-5,12H2,1-2H3. The summed E-state index contributed by atoms with van der Waals surface area (Å²) in [5.41, 5.74) is 1.70. The van der Waals surface area contributed by atoms with E-state index in [1.54, 1.807) is 19.3 Å². The Hall–Kier alpha value is -1.68. The van der Waals surface area contributed by atoms with Gasteiger partial charge in [-0.15, -0.1) is 0 Å². The van der Waals surface area contributed by atoms with Crippen LogP contribution >= 0.6 is 15.9 Å². The average molecular weight is 376 g/mol. The Balaban J connectivity index is 2.19. The highest BCUT2D eigenvalue weighted by Gasteiger charge is 2.17. The molecule has 4 heteroatoms. The number of aromatic nitrogens is 1. The van der Waals surface area contributed by atoms with Gasteiger partial charge in [-0.05, 0) is 36.1 Å². The lowest BCUT2D eigenvalue weighted by atomic mass is 9.88. The summed E-state index contributed by atoms with van der Waals surface area (Å²) in [5.74, 6) is 0.303. The number of aryl methyl sites for hydroxylation is 1. The van der Waals surface area contributed by atoms with Gasteiger partial charge in [-0.2, -0.15) is 0 Å². The van der Waals surface area contributed by atoms with Gasteiger partial charge in [0, 0.05) is 35.8 Å². The monoisotopic (exact) mass is 375 g/mol. The molecule has 1 aromatic carbocycles. The van der Waals surface area contributed by atoms with E-state index in [0.717, 1.165) is 23.7 Å². The number of carbonyl (C=O) groups excluding carboxylic acids is 1. The van der Waals surface area contributed by atoms with Crippen molar-refractivity contribution in [3.8, 4) is 0 Å². The molecule has 3 nitrogen and oxygen atoms in total. The van der Waals surface area contributed by atoms with Crippen LogP contribution in [0.1, 0.15) is 54.4 Å². The largest absolute Gasteiger partial charge is 0.318 e. The summed E-state index contributed by atoms with van der Waals surface area (Å²) in [5, 5.41) is 0. The molecule has 0 bridgehead atoms. The van der Waals surface area contributed by atoms with Gasteiger partial charge >= 0.3 is 0 Å². The van der Waals surface area contributed by atoms with Crippen LogP contribution in [0.4, 0.5) is 0 Å². The van der Waals surface area contributed by atoms with E-state index in [0.29, 0.717) is 12.0 Å². The van der Waals surface area contributed by atoms with E-state index in [-0.39, 0.29) is 17.3 Å². The van der Waals surface area contributed by atoms with Crippen LogP contribution in [-0.2, 0) is 7.05 Å². The van der Waals surface area contributed by atoms with Crippen molar-refractivity contribution in [1.82, 2.24) is 4.57 Å². The number of nitrogens with zero attached hydrogens (tertiary/aromatic N) is 1. The summed E-state index contributed by atoms with van der Waals surface area (Å²) in [7, 11) is 1.67. The molecule has 0 radical (unpaired) electrons. The normalized spacial score (nSPS) is 12.1. The summed E-state index contributed by atoms with van der Waals surface area (Å²) in [6.45, 7) is 2.16. The van der Waals surface area contributed by atoms with E-state index in [9.17, 15) is 9.59 Å². The Kier molecular flexibility index (Phi) is 6.34. The summed E-state index contributed by atoms with van der Waals surface area (Å²) in [4.78, 5) is 24.1. The van der Waals surface area contributed by atoms with E-state index >= 15 is 0 Å². The highest BCUT2D eigenvalue weighted by Crippen LogP contribution is 2.28. The van der Waals surface area contributed by atoms with Crippen LogP contribution in [0.15, 0.2) is 51.9 Å². The van der Waals surface area contributed by atoms with Gasteiger partial charge in [0.15, 0.2) is 5.78 Å². The zero-order valence-corrected chi connectivity index (χ0v) is 15.2. The van der Waals surface area contributed by atoms with Crippen LogP contribution in [0.5, 0.6) is 0 Å². The number of benzene rings is 1. The van der Waals surface area contributed by atoms with Gasteiger partial charge in [-0.1, -0.05) is 47.8 Å². The third-order valence-corrected chi connectivity index (χ3v) is 4.62. The molecular formula is C19H22BrNO2.